The van der Waals surface area contributed by atoms with Crippen molar-refractivity contribution in [1.29, 1.82) is 0 Å². The van der Waals surface area contributed by atoms with Crippen molar-refractivity contribution in [2.45, 2.75) is 64.9 Å². The molecule has 3 nitrogen and oxygen atoms in total. The summed E-state index contributed by atoms with van der Waals surface area (Å²) in [4.78, 5) is 9.41. The molecule has 1 atom stereocenters. The number of hydrogen-bond acceptors (Lipinski definition) is 3. The average Bonchev–Trinajstić information content (AvgIpc) is 2.82. The highest BCUT2D eigenvalue weighted by Crippen LogP contribution is 2.21. The zero-order valence-electron chi connectivity index (χ0n) is 19.6. The summed E-state index contributed by atoms with van der Waals surface area (Å²) in [5.41, 5.74) is 6.24. The van der Waals surface area contributed by atoms with Crippen LogP contribution < -0.4 is 0 Å². The van der Waals surface area contributed by atoms with E-state index in [0.717, 1.165) is 54.6 Å². The highest BCUT2D eigenvalue weighted by molar-refractivity contribution is 5.78. The summed E-state index contributed by atoms with van der Waals surface area (Å²) in [5, 5.41) is 0. The summed E-state index contributed by atoms with van der Waals surface area (Å²) in [6, 6.07) is 14.7. The Morgan fingerprint density at radius 2 is 1.88 bits per heavy atom. The maximum atomic E-state index is 5.87. The Morgan fingerprint density at radius 1 is 1.03 bits per heavy atom. The minimum Gasteiger partial charge on any atom is -0.379 e. The number of hydrogen-bond donors (Lipinski definition) is 0. The molecule has 0 spiro atoms. The highest BCUT2D eigenvalue weighted by atomic mass is 16.5. The van der Waals surface area contributed by atoms with Gasteiger partial charge in [0.05, 0.1) is 29.0 Å². The van der Waals surface area contributed by atoms with E-state index in [2.05, 4.69) is 74.0 Å². The number of nitrogens with zero attached hydrogens (tertiary/aromatic N) is 2. The minimum atomic E-state index is 0.358. The van der Waals surface area contributed by atoms with Gasteiger partial charge < -0.3 is 4.74 Å². The minimum absolute atomic E-state index is 0.358. The van der Waals surface area contributed by atoms with E-state index in [4.69, 9.17) is 9.72 Å². The number of benzene rings is 2. The highest BCUT2D eigenvalue weighted by Gasteiger charge is 2.04. The molecule has 0 aliphatic carbocycles. The van der Waals surface area contributed by atoms with Gasteiger partial charge >= 0.3 is 0 Å². The first-order valence-electron chi connectivity index (χ1n) is 11.9. The number of unbranched alkanes of at least 4 members (excludes halogenated alkanes) is 3. The lowest BCUT2D eigenvalue weighted by Crippen LogP contribution is -2.08. The SMILES string of the molecule is C=CCc1ccc2nc(-c3ccc(C=CCCCC(C)OCCCCC)cc3)cnc2c1. The molecule has 1 heterocycles. The van der Waals surface area contributed by atoms with Gasteiger partial charge in [0.1, 0.15) is 0 Å². The second kappa shape index (κ2) is 12.9. The zero-order valence-corrected chi connectivity index (χ0v) is 19.6. The molecule has 0 saturated carbocycles. The molecule has 0 amide bonds. The summed E-state index contributed by atoms with van der Waals surface area (Å²) in [6.07, 6.45) is 16.5. The molecule has 3 rings (SSSR count). The van der Waals surface area contributed by atoms with Crippen LogP contribution in [-0.2, 0) is 11.2 Å². The van der Waals surface area contributed by atoms with Crippen molar-refractivity contribution in [2.24, 2.45) is 0 Å². The Kier molecular flexibility index (Phi) is 9.64. The number of allylic oxidation sites excluding steroid dienone is 2. The van der Waals surface area contributed by atoms with E-state index in [1.165, 1.54) is 30.4 Å². The topological polar surface area (TPSA) is 35.0 Å². The molecule has 0 fully saturated rings. The maximum Gasteiger partial charge on any atom is 0.0894 e. The number of fused-ring (bicyclic) bond motifs is 1. The van der Waals surface area contributed by atoms with Gasteiger partial charge in [-0.15, -0.1) is 6.58 Å². The molecule has 0 aliphatic heterocycles. The predicted molar refractivity (Wildman–Crippen MR) is 137 cm³/mol. The van der Waals surface area contributed by atoms with E-state index in [1.807, 2.05) is 18.3 Å². The molecule has 168 valence electrons. The first kappa shape index (κ1) is 23.9. The van der Waals surface area contributed by atoms with E-state index in [1.54, 1.807) is 0 Å². The summed E-state index contributed by atoms with van der Waals surface area (Å²) in [5.74, 6) is 0. The predicted octanol–water partition coefficient (Wildman–Crippen LogP) is 7.80. The fraction of sp³-hybridized carbons (Fsp3) is 0.379. The van der Waals surface area contributed by atoms with Crippen LogP contribution in [0.5, 0.6) is 0 Å². The van der Waals surface area contributed by atoms with Crippen molar-refractivity contribution >= 4 is 17.1 Å². The monoisotopic (exact) mass is 428 g/mol. The summed E-state index contributed by atoms with van der Waals surface area (Å²) >= 11 is 0. The van der Waals surface area contributed by atoms with E-state index < -0.39 is 0 Å². The Bertz CT molecular complexity index is 1010. The molecular formula is C29H36N2O. The number of rotatable bonds is 13. The smallest absolute Gasteiger partial charge is 0.0894 e. The summed E-state index contributed by atoms with van der Waals surface area (Å²) < 4.78 is 5.87. The van der Waals surface area contributed by atoms with Crippen molar-refractivity contribution < 1.29 is 4.74 Å². The summed E-state index contributed by atoms with van der Waals surface area (Å²) in [7, 11) is 0. The van der Waals surface area contributed by atoms with Gasteiger partial charge in [-0.1, -0.05) is 68.3 Å². The van der Waals surface area contributed by atoms with Crippen molar-refractivity contribution in [2.75, 3.05) is 6.61 Å². The fourth-order valence-electron chi connectivity index (χ4n) is 3.72. The van der Waals surface area contributed by atoms with Crippen molar-refractivity contribution in [3.63, 3.8) is 0 Å². The van der Waals surface area contributed by atoms with Crippen LogP contribution in [-0.4, -0.2) is 22.7 Å². The average molecular weight is 429 g/mol. The molecular weight excluding hydrogens is 392 g/mol. The molecule has 0 radical (unpaired) electrons. The molecule has 0 bridgehead atoms. The van der Waals surface area contributed by atoms with Gasteiger partial charge in [0.25, 0.3) is 0 Å². The fourth-order valence-corrected chi connectivity index (χ4v) is 3.72. The van der Waals surface area contributed by atoms with Crippen LogP contribution in [0.25, 0.3) is 28.4 Å². The summed E-state index contributed by atoms with van der Waals surface area (Å²) in [6.45, 7) is 9.11. The number of aromatic nitrogens is 2. The van der Waals surface area contributed by atoms with Crippen LogP contribution in [0.3, 0.4) is 0 Å². The third-order valence-electron chi connectivity index (χ3n) is 5.64. The van der Waals surface area contributed by atoms with Gasteiger partial charge in [0.2, 0.25) is 0 Å². The van der Waals surface area contributed by atoms with E-state index in [9.17, 15) is 0 Å². The van der Waals surface area contributed by atoms with Crippen LogP contribution in [0.1, 0.15) is 63.5 Å². The van der Waals surface area contributed by atoms with Gasteiger partial charge in [0, 0.05) is 12.2 Å². The van der Waals surface area contributed by atoms with Gasteiger partial charge in [-0.2, -0.15) is 0 Å². The van der Waals surface area contributed by atoms with Crippen LogP contribution >= 0.6 is 0 Å². The molecule has 1 unspecified atom stereocenters. The van der Waals surface area contributed by atoms with Crippen LogP contribution in [0.2, 0.25) is 0 Å². The Morgan fingerprint density at radius 3 is 2.66 bits per heavy atom. The largest absolute Gasteiger partial charge is 0.379 e. The molecule has 3 heteroatoms. The quantitative estimate of drug-likeness (QED) is 0.206. The third-order valence-corrected chi connectivity index (χ3v) is 5.64. The zero-order chi connectivity index (χ0) is 22.6. The lowest BCUT2D eigenvalue weighted by molar-refractivity contribution is 0.0566. The molecule has 0 saturated heterocycles. The van der Waals surface area contributed by atoms with Crippen LogP contribution in [0.15, 0.2) is 67.4 Å². The number of ether oxygens (including phenoxy) is 1. The molecule has 3 aromatic rings. The van der Waals surface area contributed by atoms with Gasteiger partial charge in [0.15, 0.2) is 0 Å². The Hall–Kier alpha value is -2.78. The van der Waals surface area contributed by atoms with E-state index >= 15 is 0 Å². The van der Waals surface area contributed by atoms with Gasteiger partial charge in [-0.25, -0.2) is 4.98 Å². The maximum absolute atomic E-state index is 5.87. The van der Waals surface area contributed by atoms with E-state index in [-0.39, 0.29) is 0 Å². The molecule has 0 N–H and O–H groups in total. The van der Waals surface area contributed by atoms with Gasteiger partial charge in [-0.3, -0.25) is 4.98 Å². The standard InChI is InChI=1S/C29H36N2O/c1-4-6-10-20-32-23(3)12-8-7-9-13-24-14-17-26(18-15-24)29-22-30-28-21-25(11-5-2)16-19-27(28)31-29/h5,9,13-19,21-23H,2,4,6-8,10-12,20H2,1,3H3. The second-order valence-electron chi connectivity index (χ2n) is 8.41. The lowest BCUT2D eigenvalue weighted by Gasteiger charge is -2.12. The van der Waals surface area contributed by atoms with Crippen LogP contribution in [0, 0.1) is 0 Å². The first-order chi connectivity index (χ1) is 15.7. The molecule has 0 aliphatic rings. The first-order valence-corrected chi connectivity index (χ1v) is 11.9. The normalized spacial score (nSPS) is 12.4. The van der Waals surface area contributed by atoms with Crippen LogP contribution in [0.4, 0.5) is 0 Å². The third kappa shape index (κ3) is 7.42. The lowest BCUT2D eigenvalue weighted by atomic mass is 10.1. The molecule has 32 heavy (non-hydrogen) atoms. The van der Waals surface area contributed by atoms with Gasteiger partial charge in [-0.05, 0) is 62.3 Å². The molecule has 1 aromatic heterocycles. The second-order valence-corrected chi connectivity index (χ2v) is 8.41. The molecule has 2 aromatic carbocycles. The Labute approximate surface area is 193 Å². The van der Waals surface area contributed by atoms with Crippen molar-refractivity contribution in [1.82, 2.24) is 9.97 Å². The van der Waals surface area contributed by atoms with Crippen molar-refractivity contribution in [3.8, 4) is 11.3 Å². The van der Waals surface area contributed by atoms with Crippen molar-refractivity contribution in [3.05, 3.63) is 78.5 Å². The van der Waals surface area contributed by atoms with E-state index in [0.29, 0.717) is 6.10 Å². The Balaban J connectivity index is 1.49.